The van der Waals surface area contributed by atoms with Crippen LogP contribution < -0.4 is 10.6 Å². The zero-order chi connectivity index (χ0) is 20.5. The topological polar surface area (TPSA) is 55.8 Å². The van der Waals surface area contributed by atoms with Crippen LogP contribution in [0.3, 0.4) is 0 Å². The number of aliphatic imine (C=N–C) groups is 1. The molecule has 1 aliphatic heterocycles. The highest BCUT2D eigenvalue weighted by Crippen LogP contribution is 2.24. The molecule has 2 heterocycles. The fraction of sp³-hybridized carbons (Fsp3) is 0.545. The molecule has 1 aromatic heterocycles. The highest BCUT2D eigenvalue weighted by molar-refractivity contribution is 7.09. The van der Waals surface area contributed by atoms with Gasteiger partial charge in [-0.15, -0.1) is 11.3 Å². The number of aryl methyl sites for hydroxylation is 1. The first kappa shape index (κ1) is 21.7. The first-order valence-electron chi connectivity index (χ1n) is 10.5. The molecule has 3 rings (SSSR count). The van der Waals surface area contributed by atoms with Crippen LogP contribution in [0.2, 0.25) is 0 Å². The van der Waals surface area contributed by atoms with Gasteiger partial charge in [-0.3, -0.25) is 9.89 Å². The molecule has 6 nitrogen and oxygen atoms in total. The van der Waals surface area contributed by atoms with Crippen molar-refractivity contribution in [1.29, 1.82) is 0 Å². The molecule has 0 amide bonds. The number of hydrogen-bond acceptors (Lipinski definition) is 5. The summed E-state index contributed by atoms with van der Waals surface area (Å²) in [6.45, 7) is 8.25. The fourth-order valence-corrected chi connectivity index (χ4v) is 4.40. The highest BCUT2D eigenvalue weighted by atomic mass is 32.1. The van der Waals surface area contributed by atoms with Crippen LogP contribution >= 0.6 is 11.3 Å². The normalized spacial score (nSPS) is 18.7. The van der Waals surface area contributed by atoms with E-state index in [-0.39, 0.29) is 0 Å². The molecule has 0 saturated carbocycles. The predicted octanol–water partition coefficient (Wildman–Crippen LogP) is 2.54. The Morgan fingerprint density at radius 1 is 1.21 bits per heavy atom. The molecule has 0 radical (unpaired) electrons. The van der Waals surface area contributed by atoms with E-state index in [1.54, 1.807) is 11.3 Å². The molecule has 1 unspecified atom stereocenters. The average Bonchev–Trinajstić information content (AvgIpc) is 3.16. The van der Waals surface area contributed by atoms with Crippen molar-refractivity contribution in [3.8, 4) is 0 Å². The number of benzene rings is 1. The van der Waals surface area contributed by atoms with Crippen molar-refractivity contribution in [2.45, 2.75) is 25.8 Å². The van der Waals surface area contributed by atoms with E-state index in [9.17, 15) is 0 Å². The van der Waals surface area contributed by atoms with Crippen molar-refractivity contribution < 1.29 is 0 Å². The van der Waals surface area contributed by atoms with Gasteiger partial charge in [-0.25, -0.2) is 4.98 Å². The number of guanidine groups is 1. The van der Waals surface area contributed by atoms with Crippen LogP contribution in [0.15, 0.2) is 40.7 Å². The highest BCUT2D eigenvalue weighted by Gasteiger charge is 2.25. The van der Waals surface area contributed by atoms with Gasteiger partial charge in [-0.2, -0.15) is 0 Å². The third-order valence-corrected chi connectivity index (χ3v) is 6.18. The van der Waals surface area contributed by atoms with E-state index in [4.69, 9.17) is 0 Å². The summed E-state index contributed by atoms with van der Waals surface area (Å²) >= 11 is 1.71. The maximum Gasteiger partial charge on any atom is 0.190 e. The Labute approximate surface area is 179 Å². The molecule has 1 fully saturated rings. The second-order valence-electron chi connectivity index (χ2n) is 7.61. The van der Waals surface area contributed by atoms with E-state index in [1.165, 1.54) is 5.56 Å². The van der Waals surface area contributed by atoms with Crippen molar-refractivity contribution >= 4 is 17.3 Å². The molecule has 0 spiro atoms. The third-order valence-electron chi connectivity index (χ3n) is 5.36. The van der Waals surface area contributed by atoms with Crippen molar-refractivity contribution in [2.24, 2.45) is 4.99 Å². The van der Waals surface area contributed by atoms with Gasteiger partial charge in [-0.05, 0) is 26.0 Å². The Balaban J connectivity index is 1.39. The lowest BCUT2D eigenvalue weighted by atomic mass is 10.0. The molecule has 2 N–H and O–H groups in total. The Kier molecular flexibility index (Phi) is 8.46. The smallest absolute Gasteiger partial charge is 0.190 e. The molecule has 158 valence electrons. The van der Waals surface area contributed by atoms with E-state index in [0.29, 0.717) is 6.04 Å². The van der Waals surface area contributed by atoms with Gasteiger partial charge in [0.2, 0.25) is 0 Å². The molecule has 7 heteroatoms. The van der Waals surface area contributed by atoms with Crippen LogP contribution in [0.5, 0.6) is 0 Å². The van der Waals surface area contributed by atoms with Crippen LogP contribution in [0.25, 0.3) is 0 Å². The van der Waals surface area contributed by atoms with Gasteiger partial charge in [-0.1, -0.05) is 30.3 Å². The zero-order valence-electron chi connectivity index (χ0n) is 17.9. The van der Waals surface area contributed by atoms with Gasteiger partial charge in [0, 0.05) is 64.2 Å². The quantitative estimate of drug-likeness (QED) is 0.395. The van der Waals surface area contributed by atoms with E-state index >= 15 is 0 Å². The molecule has 0 aliphatic carbocycles. The first-order valence-corrected chi connectivity index (χ1v) is 11.4. The minimum absolute atomic E-state index is 0.481. The summed E-state index contributed by atoms with van der Waals surface area (Å²) in [5.74, 6) is 0.870. The number of rotatable bonds is 8. The van der Waals surface area contributed by atoms with Gasteiger partial charge in [0.05, 0.1) is 10.7 Å². The number of hydrogen-bond donors (Lipinski definition) is 2. The van der Waals surface area contributed by atoms with E-state index < -0.39 is 0 Å². The van der Waals surface area contributed by atoms with E-state index in [1.807, 2.05) is 14.0 Å². The van der Waals surface area contributed by atoms with Crippen LogP contribution in [0.4, 0.5) is 0 Å². The van der Waals surface area contributed by atoms with Crippen LogP contribution in [-0.2, 0) is 6.42 Å². The first-order chi connectivity index (χ1) is 14.2. The standard InChI is InChI=1S/C22H34N6S/c1-18-26-20(17-29-18)10-12-25-22(23-2)24-11-7-13-28-15-14-27(3)16-21(28)19-8-5-4-6-9-19/h4-6,8-9,17,21H,7,10-16H2,1-3H3,(H2,23,24,25). The number of piperazine rings is 1. The lowest BCUT2D eigenvalue weighted by Crippen LogP contribution is -2.47. The number of nitrogens with zero attached hydrogens (tertiary/aromatic N) is 4. The molecule has 1 aliphatic rings. The monoisotopic (exact) mass is 414 g/mol. The van der Waals surface area contributed by atoms with Gasteiger partial charge in [0.1, 0.15) is 0 Å². The van der Waals surface area contributed by atoms with Crippen LogP contribution in [-0.4, -0.2) is 74.1 Å². The molecular weight excluding hydrogens is 380 g/mol. The van der Waals surface area contributed by atoms with Gasteiger partial charge in [0.15, 0.2) is 5.96 Å². The Morgan fingerprint density at radius 2 is 2.00 bits per heavy atom. The van der Waals surface area contributed by atoms with Crippen LogP contribution in [0, 0.1) is 6.92 Å². The molecule has 1 saturated heterocycles. The van der Waals surface area contributed by atoms with E-state index in [2.05, 4.69) is 73.2 Å². The summed E-state index contributed by atoms with van der Waals surface area (Å²) in [6.07, 6.45) is 2.02. The molecule has 29 heavy (non-hydrogen) atoms. The lowest BCUT2D eigenvalue weighted by molar-refractivity contribution is 0.0891. The Hall–Kier alpha value is -1.96. The number of aromatic nitrogens is 1. The number of likely N-dealkylation sites (N-methyl/N-ethyl adjacent to an activating group) is 1. The van der Waals surface area contributed by atoms with Crippen molar-refractivity contribution in [2.75, 3.05) is 53.4 Å². The number of thiazole rings is 1. The molecule has 1 atom stereocenters. The third kappa shape index (κ3) is 6.80. The summed E-state index contributed by atoms with van der Waals surface area (Å²) in [7, 11) is 4.05. The maximum atomic E-state index is 4.51. The Bertz CT molecular complexity index is 760. The lowest BCUT2D eigenvalue weighted by Gasteiger charge is -2.40. The summed E-state index contributed by atoms with van der Waals surface area (Å²) in [4.78, 5) is 13.9. The molecule has 1 aromatic carbocycles. The van der Waals surface area contributed by atoms with E-state index in [0.717, 1.165) is 68.8 Å². The minimum atomic E-state index is 0.481. The summed E-state index contributed by atoms with van der Waals surface area (Å²) in [5, 5.41) is 10.1. The average molecular weight is 415 g/mol. The largest absolute Gasteiger partial charge is 0.356 e. The Morgan fingerprint density at radius 3 is 2.72 bits per heavy atom. The second kappa shape index (κ2) is 11.3. The fourth-order valence-electron chi connectivity index (χ4n) is 3.76. The summed E-state index contributed by atoms with van der Waals surface area (Å²) in [6, 6.07) is 11.4. The van der Waals surface area contributed by atoms with Gasteiger partial charge in [0.25, 0.3) is 0 Å². The molecular formula is C22H34N6S. The van der Waals surface area contributed by atoms with Crippen molar-refractivity contribution in [1.82, 2.24) is 25.4 Å². The molecule has 2 aromatic rings. The second-order valence-corrected chi connectivity index (χ2v) is 8.67. The zero-order valence-corrected chi connectivity index (χ0v) is 18.7. The van der Waals surface area contributed by atoms with Gasteiger partial charge >= 0.3 is 0 Å². The SMILES string of the molecule is CN=C(NCCCN1CCN(C)CC1c1ccccc1)NCCc1csc(C)n1. The molecule has 0 bridgehead atoms. The predicted molar refractivity (Wildman–Crippen MR) is 123 cm³/mol. The maximum absolute atomic E-state index is 4.51. The minimum Gasteiger partial charge on any atom is -0.356 e. The summed E-state index contributed by atoms with van der Waals surface area (Å²) in [5.41, 5.74) is 2.57. The van der Waals surface area contributed by atoms with Gasteiger partial charge < -0.3 is 15.5 Å². The van der Waals surface area contributed by atoms with Crippen LogP contribution in [0.1, 0.15) is 28.7 Å². The number of nitrogens with one attached hydrogen (secondary N) is 2. The summed E-state index contributed by atoms with van der Waals surface area (Å²) < 4.78 is 0. The van der Waals surface area contributed by atoms with Crippen molar-refractivity contribution in [3.63, 3.8) is 0 Å². The van der Waals surface area contributed by atoms with Crippen molar-refractivity contribution in [3.05, 3.63) is 52.0 Å².